The van der Waals surface area contributed by atoms with E-state index in [9.17, 15) is 4.79 Å². The van der Waals surface area contributed by atoms with E-state index in [1.807, 2.05) is 49.5 Å². The highest BCUT2D eigenvalue weighted by atomic mass is 16.5. The number of rotatable bonds is 7. The van der Waals surface area contributed by atoms with Crippen LogP contribution in [0.5, 0.6) is 5.75 Å². The molecule has 3 rings (SSSR count). The zero-order valence-electron chi connectivity index (χ0n) is 16.9. The first-order valence-electron chi connectivity index (χ1n) is 9.48. The average Bonchev–Trinajstić information content (AvgIpc) is 3.10. The van der Waals surface area contributed by atoms with Gasteiger partial charge in [-0.05, 0) is 47.4 Å². The van der Waals surface area contributed by atoms with Gasteiger partial charge in [0.2, 0.25) is 0 Å². The molecular weight excluding hydrogens is 350 g/mol. The van der Waals surface area contributed by atoms with Gasteiger partial charge in [-0.1, -0.05) is 38.1 Å². The molecule has 146 valence electrons. The smallest absolute Gasteiger partial charge is 0.253 e. The van der Waals surface area contributed by atoms with E-state index in [2.05, 4.69) is 31.1 Å². The molecule has 0 saturated carbocycles. The highest BCUT2D eigenvalue weighted by molar-refractivity contribution is 5.94. The van der Waals surface area contributed by atoms with E-state index in [0.717, 1.165) is 17.0 Å². The van der Waals surface area contributed by atoms with Crippen LogP contribution in [0.2, 0.25) is 0 Å². The molecule has 0 aliphatic carbocycles. The van der Waals surface area contributed by atoms with Crippen molar-refractivity contribution >= 4 is 5.91 Å². The summed E-state index contributed by atoms with van der Waals surface area (Å²) in [5, 5.41) is 4.15. The van der Waals surface area contributed by atoms with Gasteiger partial charge in [-0.2, -0.15) is 5.10 Å². The van der Waals surface area contributed by atoms with E-state index in [4.69, 9.17) is 4.74 Å². The van der Waals surface area contributed by atoms with Crippen LogP contribution >= 0.6 is 0 Å². The molecular formula is C23H27N3O2. The molecule has 0 aliphatic heterocycles. The molecule has 0 saturated heterocycles. The number of amides is 1. The lowest BCUT2D eigenvalue weighted by atomic mass is 10.0. The van der Waals surface area contributed by atoms with Crippen molar-refractivity contribution in [1.29, 1.82) is 0 Å². The van der Waals surface area contributed by atoms with Crippen molar-refractivity contribution in [2.45, 2.75) is 32.9 Å². The van der Waals surface area contributed by atoms with Gasteiger partial charge >= 0.3 is 0 Å². The van der Waals surface area contributed by atoms with E-state index >= 15 is 0 Å². The van der Waals surface area contributed by atoms with Crippen molar-refractivity contribution in [2.24, 2.45) is 7.05 Å². The summed E-state index contributed by atoms with van der Waals surface area (Å²) in [5.41, 5.74) is 3.89. The Hall–Kier alpha value is -3.08. The summed E-state index contributed by atoms with van der Waals surface area (Å²) in [5.74, 6) is 1.30. The maximum atomic E-state index is 12.8. The molecule has 0 N–H and O–H groups in total. The molecule has 2 aromatic carbocycles. The predicted molar refractivity (Wildman–Crippen MR) is 110 cm³/mol. The van der Waals surface area contributed by atoms with Crippen molar-refractivity contribution in [3.8, 4) is 5.75 Å². The van der Waals surface area contributed by atoms with E-state index in [1.165, 1.54) is 5.56 Å². The van der Waals surface area contributed by atoms with Gasteiger partial charge in [0.25, 0.3) is 5.91 Å². The second kappa shape index (κ2) is 8.74. The van der Waals surface area contributed by atoms with E-state index in [-0.39, 0.29) is 5.91 Å². The number of ether oxygens (including phenoxy) is 1. The number of carbonyl (C=O) groups is 1. The zero-order chi connectivity index (χ0) is 20.1. The Morgan fingerprint density at radius 1 is 1.14 bits per heavy atom. The molecule has 0 atom stereocenters. The molecule has 0 unspecified atom stereocenters. The molecule has 0 aliphatic rings. The Morgan fingerprint density at radius 2 is 1.89 bits per heavy atom. The van der Waals surface area contributed by atoms with Crippen LogP contribution in [-0.4, -0.2) is 27.6 Å². The minimum Gasteiger partial charge on any atom is -0.489 e. The normalized spacial score (nSPS) is 10.9. The monoisotopic (exact) mass is 377 g/mol. The summed E-state index contributed by atoms with van der Waals surface area (Å²) < 4.78 is 7.66. The van der Waals surface area contributed by atoms with Gasteiger partial charge < -0.3 is 9.64 Å². The summed E-state index contributed by atoms with van der Waals surface area (Å²) in [6, 6.07) is 17.7. The topological polar surface area (TPSA) is 47.4 Å². The number of carbonyl (C=O) groups excluding carboxylic acids is 1. The lowest BCUT2D eigenvalue weighted by Crippen LogP contribution is -2.27. The third-order valence-electron chi connectivity index (χ3n) is 4.79. The number of aryl methyl sites for hydroxylation is 1. The minimum absolute atomic E-state index is 0.0238. The molecule has 0 radical (unpaired) electrons. The molecule has 28 heavy (non-hydrogen) atoms. The van der Waals surface area contributed by atoms with E-state index < -0.39 is 0 Å². The van der Waals surface area contributed by atoms with Gasteiger partial charge in [-0.15, -0.1) is 0 Å². The first-order valence-corrected chi connectivity index (χ1v) is 9.48. The van der Waals surface area contributed by atoms with E-state index in [0.29, 0.717) is 24.6 Å². The second-order valence-electron chi connectivity index (χ2n) is 7.32. The Balaban J connectivity index is 1.63. The highest BCUT2D eigenvalue weighted by Gasteiger charge is 2.14. The first-order chi connectivity index (χ1) is 13.4. The maximum Gasteiger partial charge on any atom is 0.253 e. The van der Waals surface area contributed by atoms with Gasteiger partial charge in [0.1, 0.15) is 12.4 Å². The molecule has 5 heteroatoms. The lowest BCUT2D eigenvalue weighted by Gasteiger charge is -2.18. The van der Waals surface area contributed by atoms with Crippen LogP contribution in [-0.2, 0) is 20.2 Å². The van der Waals surface area contributed by atoms with Crippen LogP contribution in [0.3, 0.4) is 0 Å². The summed E-state index contributed by atoms with van der Waals surface area (Å²) in [6.07, 6.45) is 1.74. The van der Waals surface area contributed by atoms with Crippen LogP contribution in [0.4, 0.5) is 0 Å². The molecule has 5 nitrogen and oxygen atoms in total. The van der Waals surface area contributed by atoms with E-state index in [1.54, 1.807) is 22.8 Å². The summed E-state index contributed by atoms with van der Waals surface area (Å²) >= 11 is 0. The number of hydrogen-bond donors (Lipinski definition) is 0. The van der Waals surface area contributed by atoms with Crippen molar-refractivity contribution < 1.29 is 9.53 Å². The van der Waals surface area contributed by atoms with Crippen LogP contribution in [0.15, 0.2) is 60.8 Å². The molecule has 1 heterocycles. The summed E-state index contributed by atoms with van der Waals surface area (Å²) in [7, 11) is 3.67. The first kappa shape index (κ1) is 19.7. The minimum atomic E-state index is -0.0238. The summed E-state index contributed by atoms with van der Waals surface area (Å²) in [6.45, 7) is 5.28. The fourth-order valence-electron chi connectivity index (χ4n) is 3.00. The zero-order valence-corrected chi connectivity index (χ0v) is 16.9. The average molecular weight is 377 g/mol. The summed E-state index contributed by atoms with van der Waals surface area (Å²) in [4.78, 5) is 14.5. The Morgan fingerprint density at radius 3 is 2.54 bits per heavy atom. The van der Waals surface area contributed by atoms with Crippen LogP contribution in [0, 0.1) is 0 Å². The Labute approximate surface area is 166 Å². The van der Waals surface area contributed by atoms with Crippen molar-refractivity contribution in [2.75, 3.05) is 7.05 Å². The largest absolute Gasteiger partial charge is 0.489 e. The number of benzene rings is 2. The number of hydrogen-bond acceptors (Lipinski definition) is 3. The molecule has 0 fully saturated rings. The maximum absolute atomic E-state index is 12.8. The molecule has 1 amide bonds. The quantitative estimate of drug-likeness (QED) is 0.613. The predicted octanol–water partition coefficient (Wildman–Crippen LogP) is 4.39. The van der Waals surface area contributed by atoms with Crippen LogP contribution in [0.1, 0.15) is 46.9 Å². The third kappa shape index (κ3) is 4.80. The van der Waals surface area contributed by atoms with Crippen LogP contribution < -0.4 is 4.74 Å². The van der Waals surface area contributed by atoms with Gasteiger partial charge in [0, 0.05) is 25.9 Å². The van der Waals surface area contributed by atoms with Crippen molar-refractivity contribution in [3.63, 3.8) is 0 Å². The third-order valence-corrected chi connectivity index (χ3v) is 4.79. The SMILES string of the molecule is CC(C)c1ccc(OCc2cccc(C(=O)N(C)Cc3ccnn3C)c2)cc1. The van der Waals surface area contributed by atoms with Crippen molar-refractivity contribution in [3.05, 3.63) is 83.2 Å². The fraction of sp³-hybridized carbons (Fsp3) is 0.304. The van der Waals surface area contributed by atoms with Crippen LogP contribution in [0.25, 0.3) is 0 Å². The van der Waals surface area contributed by atoms with Gasteiger partial charge in [-0.3, -0.25) is 9.48 Å². The Kier molecular flexibility index (Phi) is 6.14. The van der Waals surface area contributed by atoms with Crippen molar-refractivity contribution in [1.82, 2.24) is 14.7 Å². The molecule has 0 bridgehead atoms. The van der Waals surface area contributed by atoms with Gasteiger partial charge in [0.05, 0.1) is 12.2 Å². The standard InChI is InChI=1S/C23H27N3O2/c1-17(2)19-8-10-22(11-9-19)28-16-18-6-5-7-20(14-18)23(27)25(3)15-21-12-13-24-26(21)4/h5-14,17H,15-16H2,1-4H3. The lowest BCUT2D eigenvalue weighted by molar-refractivity contribution is 0.0782. The Bertz CT molecular complexity index is 929. The molecule has 0 spiro atoms. The van der Waals surface area contributed by atoms with Gasteiger partial charge in [0.15, 0.2) is 0 Å². The van der Waals surface area contributed by atoms with Gasteiger partial charge in [-0.25, -0.2) is 0 Å². The molecule has 3 aromatic rings. The molecule has 1 aromatic heterocycles. The second-order valence-corrected chi connectivity index (χ2v) is 7.32. The highest BCUT2D eigenvalue weighted by Crippen LogP contribution is 2.20. The number of nitrogens with zero attached hydrogens (tertiary/aromatic N) is 3. The number of aromatic nitrogens is 2. The fourth-order valence-corrected chi connectivity index (χ4v) is 3.00.